The topological polar surface area (TPSA) is 55.1 Å². The van der Waals surface area contributed by atoms with E-state index in [9.17, 15) is 4.79 Å². The minimum atomic E-state index is -0.269. The maximum Gasteiger partial charge on any atom is 0.234 e. The van der Waals surface area contributed by atoms with E-state index in [1.54, 1.807) is 18.2 Å². The largest absolute Gasteiger partial charge is 0.325 e. The van der Waals surface area contributed by atoms with Crippen LogP contribution in [0, 0.1) is 0 Å². The molecule has 0 spiro atoms. The molecule has 100 valence electrons. The monoisotopic (exact) mass is 306 g/mol. The molecule has 1 aromatic carbocycles. The van der Waals surface area contributed by atoms with Crippen molar-refractivity contribution in [3.05, 3.63) is 28.2 Å². The molecule has 0 heterocycles. The van der Waals surface area contributed by atoms with E-state index < -0.39 is 0 Å². The van der Waals surface area contributed by atoms with Gasteiger partial charge in [-0.1, -0.05) is 23.2 Å². The summed E-state index contributed by atoms with van der Waals surface area (Å²) in [5.41, 5.74) is 6.20. The van der Waals surface area contributed by atoms with Gasteiger partial charge >= 0.3 is 0 Å². The van der Waals surface area contributed by atoms with Gasteiger partial charge in [-0.25, -0.2) is 0 Å². The number of carbonyl (C=O) groups excluding carboxylic acids is 1. The van der Waals surface area contributed by atoms with Gasteiger partial charge in [0.1, 0.15) is 0 Å². The smallest absolute Gasteiger partial charge is 0.234 e. The molecule has 0 fully saturated rings. The van der Waals surface area contributed by atoms with Gasteiger partial charge in [0, 0.05) is 17.0 Å². The predicted octanol–water partition coefficient (Wildman–Crippen LogP) is 3.40. The lowest BCUT2D eigenvalue weighted by Crippen LogP contribution is -2.35. The van der Waals surface area contributed by atoms with E-state index in [1.807, 2.05) is 13.8 Å². The molecule has 6 heteroatoms. The number of carbonyl (C=O) groups is 1. The summed E-state index contributed by atoms with van der Waals surface area (Å²) in [7, 11) is 0. The predicted molar refractivity (Wildman–Crippen MR) is 80.7 cm³/mol. The molecule has 0 aliphatic heterocycles. The Kier molecular flexibility index (Phi) is 5.79. The third kappa shape index (κ3) is 5.96. The van der Waals surface area contributed by atoms with Crippen LogP contribution in [-0.2, 0) is 4.79 Å². The SMILES string of the molecule is CC(C)(N)CSCC(=O)Nc1ccc(Cl)c(Cl)c1. The standard InChI is InChI=1S/C12H16Cl2N2OS/c1-12(2,15)7-18-6-11(17)16-8-3-4-9(13)10(14)5-8/h3-5H,6-7,15H2,1-2H3,(H,16,17). The molecule has 0 aromatic heterocycles. The highest BCUT2D eigenvalue weighted by atomic mass is 35.5. The zero-order valence-corrected chi connectivity index (χ0v) is 12.6. The lowest BCUT2D eigenvalue weighted by atomic mass is 10.1. The first kappa shape index (κ1) is 15.6. The summed E-state index contributed by atoms with van der Waals surface area (Å²) in [5, 5.41) is 3.64. The first-order valence-corrected chi connectivity index (χ1v) is 7.30. The molecule has 0 saturated heterocycles. The number of rotatable bonds is 5. The van der Waals surface area contributed by atoms with Gasteiger partial charge in [-0.3, -0.25) is 4.79 Å². The van der Waals surface area contributed by atoms with Gasteiger partial charge in [-0.2, -0.15) is 11.8 Å². The van der Waals surface area contributed by atoms with Crippen LogP contribution in [-0.4, -0.2) is 23.0 Å². The minimum absolute atomic E-state index is 0.0809. The van der Waals surface area contributed by atoms with E-state index in [0.29, 0.717) is 21.5 Å². The van der Waals surface area contributed by atoms with Crippen molar-refractivity contribution >= 4 is 46.6 Å². The number of halogens is 2. The molecule has 1 aromatic rings. The second-order valence-corrected chi connectivity index (χ2v) is 6.46. The fourth-order valence-corrected chi connectivity index (χ4v) is 2.36. The lowest BCUT2D eigenvalue weighted by molar-refractivity contribution is -0.113. The number of benzene rings is 1. The Bertz CT molecular complexity index is 433. The Morgan fingerprint density at radius 3 is 2.61 bits per heavy atom. The summed E-state index contributed by atoms with van der Waals surface area (Å²) in [6.07, 6.45) is 0. The summed E-state index contributed by atoms with van der Waals surface area (Å²) >= 11 is 13.1. The molecule has 0 unspecified atom stereocenters. The van der Waals surface area contributed by atoms with Crippen molar-refractivity contribution in [2.75, 3.05) is 16.8 Å². The van der Waals surface area contributed by atoms with Gasteiger partial charge in [-0.15, -0.1) is 0 Å². The van der Waals surface area contributed by atoms with Crippen molar-refractivity contribution in [2.45, 2.75) is 19.4 Å². The first-order valence-electron chi connectivity index (χ1n) is 5.39. The zero-order chi connectivity index (χ0) is 13.8. The van der Waals surface area contributed by atoms with Crippen molar-refractivity contribution in [2.24, 2.45) is 5.73 Å². The third-order valence-electron chi connectivity index (χ3n) is 1.91. The van der Waals surface area contributed by atoms with Crippen LogP contribution >= 0.6 is 35.0 Å². The molecule has 1 amide bonds. The van der Waals surface area contributed by atoms with E-state index in [0.717, 1.165) is 5.75 Å². The number of hydrogen-bond acceptors (Lipinski definition) is 3. The van der Waals surface area contributed by atoms with Crippen LogP contribution in [0.25, 0.3) is 0 Å². The fraction of sp³-hybridized carbons (Fsp3) is 0.417. The normalized spacial score (nSPS) is 11.4. The van der Waals surface area contributed by atoms with Gasteiger partial charge in [0.15, 0.2) is 0 Å². The second kappa shape index (κ2) is 6.66. The summed E-state index contributed by atoms with van der Waals surface area (Å²) < 4.78 is 0. The van der Waals surface area contributed by atoms with E-state index in [2.05, 4.69) is 5.32 Å². The quantitative estimate of drug-likeness (QED) is 0.876. The van der Waals surface area contributed by atoms with Gasteiger partial charge in [-0.05, 0) is 32.0 Å². The molecule has 0 radical (unpaired) electrons. The molecule has 1 rings (SSSR count). The first-order chi connectivity index (χ1) is 8.28. The Hall–Kier alpha value is -0.420. The summed E-state index contributed by atoms with van der Waals surface area (Å²) in [4.78, 5) is 11.6. The summed E-state index contributed by atoms with van der Waals surface area (Å²) in [5.74, 6) is 1.01. The van der Waals surface area contributed by atoms with Crippen LogP contribution in [0.3, 0.4) is 0 Å². The van der Waals surface area contributed by atoms with Crippen molar-refractivity contribution in [1.82, 2.24) is 0 Å². The Morgan fingerprint density at radius 2 is 2.06 bits per heavy atom. The number of nitrogens with two attached hydrogens (primary N) is 1. The van der Waals surface area contributed by atoms with E-state index in [4.69, 9.17) is 28.9 Å². The summed E-state index contributed by atoms with van der Waals surface area (Å²) in [6, 6.07) is 4.98. The van der Waals surface area contributed by atoms with Crippen LogP contribution in [0.2, 0.25) is 10.0 Å². The molecule has 0 aliphatic carbocycles. The molecular weight excluding hydrogens is 291 g/mol. The van der Waals surface area contributed by atoms with Crippen LogP contribution in [0.4, 0.5) is 5.69 Å². The fourth-order valence-electron chi connectivity index (χ4n) is 1.18. The maximum atomic E-state index is 11.6. The van der Waals surface area contributed by atoms with E-state index in [1.165, 1.54) is 11.8 Å². The van der Waals surface area contributed by atoms with Gasteiger partial charge in [0.2, 0.25) is 5.91 Å². The van der Waals surface area contributed by atoms with Crippen molar-refractivity contribution < 1.29 is 4.79 Å². The molecule has 18 heavy (non-hydrogen) atoms. The van der Waals surface area contributed by atoms with Gasteiger partial charge in [0.05, 0.1) is 15.8 Å². The van der Waals surface area contributed by atoms with Gasteiger partial charge in [0.25, 0.3) is 0 Å². The highest BCUT2D eigenvalue weighted by Crippen LogP contribution is 2.25. The maximum absolute atomic E-state index is 11.6. The van der Waals surface area contributed by atoms with Crippen molar-refractivity contribution in [1.29, 1.82) is 0 Å². The Balaban J connectivity index is 2.42. The van der Waals surface area contributed by atoms with Crippen LogP contribution in [0.15, 0.2) is 18.2 Å². The average molecular weight is 307 g/mol. The minimum Gasteiger partial charge on any atom is -0.325 e. The lowest BCUT2D eigenvalue weighted by Gasteiger charge is -2.17. The van der Waals surface area contributed by atoms with Crippen molar-refractivity contribution in [3.63, 3.8) is 0 Å². The second-order valence-electron chi connectivity index (χ2n) is 4.66. The van der Waals surface area contributed by atoms with Crippen LogP contribution in [0.1, 0.15) is 13.8 Å². The molecule has 3 N–H and O–H groups in total. The highest BCUT2D eigenvalue weighted by molar-refractivity contribution is 8.00. The summed E-state index contributed by atoms with van der Waals surface area (Å²) in [6.45, 7) is 3.85. The number of anilines is 1. The molecule has 0 saturated carbocycles. The number of nitrogens with one attached hydrogen (secondary N) is 1. The van der Waals surface area contributed by atoms with Crippen LogP contribution < -0.4 is 11.1 Å². The van der Waals surface area contributed by atoms with Crippen molar-refractivity contribution in [3.8, 4) is 0 Å². The Morgan fingerprint density at radius 1 is 1.39 bits per heavy atom. The average Bonchev–Trinajstić information content (AvgIpc) is 2.21. The number of amides is 1. The van der Waals surface area contributed by atoms with Crippen LogP contribution in [0.5, 0.6) is 0 Å². The van der Waals surface area contributed by atoms with E-state index >= 15 is 0 Å². The zero-order valence-electron chi connectivity index (χ0n) is 10.3. The number of hydrogen-bond donors (Lipinski definition) is 2. The molecule has 3 nitrogen and oxygen atoms in total. The highest BCUT2D eigenvalue weighted by Gasteiger charge is 2.12. The molecular formula is C12H16Cl2N2OS. The molecule has 0 aliphatic rings. The van der Waals surface area contributed by atoms with E-state index in [-0.39, 0.29) is 11.4 Å². The molecule has 0 atom stereocenters. The third-order valence-corrected chi connectivity index (χ3v) is 4.06. The van der Waals surface area contributed by atoms with Gasteiger partial charge < -0.3 is 11.1 Å². The number of thioether (sulfide) groups is 1. The molecule has 0 bridgehead atoms. The Labute approximate surface area is 121 Å².